The van der Waals surface area contributed by atoms with Crippen molar-refractivity contribution in [3.05, 3.63) is 59.7 Å². The summed E-state index contributed by atoms with van der Waals surface area (Å²) >= 11 is 0. The summed E-state index contributed by atoms with van der Waals surface area (Å²) in [5, 5.41) is 2.86. The van der Waals surface area contributed by atoms with Gasteiger partial charge in [-0.3, -0.25) is 9.59 Å². The van der Waals surface area contributed by atoms with E-state index in [1.54, 1.807) is 18.9 Å². The number of amides is 2. The summed E-state index contributed by atoms with van der Waals surface area (Å²) in [5.74, 6) is 0.900. The SMILES string of the molecule is CCCNC(=O)[C@H](C)N(Cc1cccc(OC)c1)C(=O)COc1ccc(CC)cc1. The Kier molecular flexibility index (Phi) is 9.19. The maximum Gasteiger partial charge on any atom is 0.261 e. The molecule has 1 atom stereocenters. The number of rotatable bonds is 11. The lowest BCUT2D eigenvalue weighted by Gasteiger charge is -2.28. The highest BCUT2D eigenvalue weighted by molar-refractivity contribution is 5.87. The molecule has 0 saturated heterocycles. The second-order valence-corrected chi connectivity index (χ2v) is 7.13. The summed E-state index contributed by atoms with van der Waals surface area (Å²) in [6.07, 6.45) is 1.77. The first-order valence-electron chi connectivity index (χ1n) is 10.4. The minimum atomic E-state index is -0.624. The van der Waals surface area contributed by atoms with Gasteiger partial charge in [-0.25, -0.2) is 0 Å². The number of hydrogen-bond donors (Lipinski definition) is 1. The van der Waals surface area contributed by atoms with Gasteiger partial charge in [-0.2, -0.15) is 0 Å². The maximum absolute atomic E-state index is 13.0. The fourth-order valence-electron chi connectivity index (χ4n) is 3.00. The Balaban J connectivity index is 2.13. The van der Waals surface area contributed by atoms with Crippen molar-refractivity contribution in [1.82, 2.24) is 10.2 Å². The third-order valence-electron chi connectivity index (χ3n) is 4.90. The Labute approximate surface area is 179 Å². The molecule has 0 spiro atoms. The van der Waals surface area contributed by atoms with Gasteiger partial charge in [-0.1, -0.05) is 38.1 Å². The molecule has 0 saturated carbocycles. The molecule has 0 aliphatic rings. The van der Waals surface area contributed by atoms with E-state index in [1.165, 1.54) is 5.56 Å². The zero-order valence-electron chi connectivity index (χ0n) is 18.3. The summed E-state index contributed by atoms with van der Waals surface area (Å²) in [6.45, 7) is 6.53. The zero-order chi connectivity index (χ0) is 21.9. The molecule has 30 heavy (non-hydrogen) atoms. The molecule has 6 heteroatoms. The van der Waals surface area contributed by atoms with Crippen LogP contribution in [0.4, 0.5) is 0 Å². The van der Waals surface area contributed by atoms with Crippen LogP contribution in [0, 0.1) is 0 Å². The Morgan fingerprint density at radius 1 is 1.03 bits per heavy atom. The van der Waals surface area contributed by atoms with E-state index in [2.05, 4.69) is 12.2 Å². The van der Waals surface area contributed by atoms with Gasteiger partial charge in [0.2, 0.25) is 5.91 Å². The monoisotopic (exact) mass is 412 g/mol. The number of ether oxygens (including phenoxy) is 2. The van der Waals surface area contributed by atoms with Gasteiger partial charge in [-0.15, -0.1) is 0 Å². The van der Waals surface area contributed by atoms with E-state index in [0.29, 0.717) is 18.0 Å². The number of hydrogen-bond acceptors (Lipinski definition) is 4. The number of carbonyl (C=O) groups excluding carboxylic acids is 2. The van der Waals surface area contributed by atoms with Crippen molar-refractivity contribution >= 4 is 11.8 Å². The molecule has 2 aromatic carbocycles. The number of aryl methyl sites for hydroxylation is 1. The maximum atomic E-state index is 13.0. The lowest BCUT2D eigenvalue weighted by Crippen LogP contribution is -2.49. The summed E-state index contributed by atoms with van der Waals surface area (Å²) in [6, 6.07) is 14.5. The van der Waals surface area contributed by atoms with Crippen LogP contribution in [0.25, 0.3) is 0 Å². The van der Waals surface area contributed by atoms with Crippen LogP contribution in [0.2, 0.25) is 0 Å². The van der Waals surface area contributed by atoms with Gasteiger partial charge in [0.1, 0.15) is 17.5 Å². The highest BCUT2D eigenvalue weighted by Crippen LogP contribution is 2.17. The number of benzene rings is 2. The molecule has 2 aromatic rings. The van der Waals surface area contributed by atoms with Crippen molar-refractivity contribution in [3.8, 4) is 11.5 Å². The molecule has 0 aliphatic carbocycles. The quantitative estimate of drug-likeness (QED) is 0.613. The predicted molar refractivity (Wildman–Crippen MR) is 118 cm³/mol. The minimum absolute atomic E-state index is 0.138. The van der Waals surface area contributed by atoms with E-state index < -0.39 is 6.04 Å². The molecule has 162 valence electrons. The standard InChI is InChI=1S/C24H32N2O4/c1-5-14-25-24(28)18(3)26(16-20-8-7-9-22(15-20)29-4)23(27)17-30-21-12-10-19(6-2)11-13-21/h7-13,15,18H,5-6,14,16-17H2,1-4H3,(H,25,28)/t18-/m0/s1. The van der Waals surface area contributed by atoms with Crippen molar-refractivity contribution in [2.75, 3.05) is 20.3 Å². The van der Waals surface area contributed by atoms with Crippen LogP contribution in [0.5, 0.6) is 11.5 Å². The number of nitrogens with zero attached hydrogens (tertiary/aromatic N) is 1. The molecule has 0 aliphatic heterocycles. The van der Waals surface area contributed by atoms with Crippen molar-refractivity contribution < 1.29 is 19.1 Å². The summed E-state index contributed by atoms with van der Waals surface area (Å²) in [7, 11) is 1.60. The van der Waals surface area contributed by atoms with E-state index in [4.69, 9.17) is 9.47 Å². The van der Waals surface area contributed by atoms with E-state index in [9.17, 15) is 9.59 Å². The van der Waals surface area contributed by atoms with Crippen LogP contribution in [0.15, 0.2) is 48.5 Å². The van der Waals surface area contributed by atoms with E-state index >= 15 is 0 Å². The highest BCUT2D eigenvalue weighted by atomic mass is 16.5. The van der Waals surface area contributed by atoms with E-state index in [1.807, 2.05) is 55.5 Å². The summed E-state index contributed by atoms with van der Waals surface area (Å²) in [5.41, 5.74) is 2.08. The molecular weight excluding hydrogens is 380 g/mol. The molecule has 0 heterocycles. The molecule has 2 amide bonds. The molecule has 0 unspecified atom stereocenters. The highest BCUT2D eigenvalue weighted by Gasteiger charge is 2.26. The van der Waals surface area contributed by atoms with Gasteiger partial charge in [0.25, 0.3) is 5.91 Å². The van der Waals surface area contributed by atoms with Crippen LogP contribution in [-0.2, 0) is 22.6 Å². The first-order chi connectivity index (χ1) is 14.5. The lowest BCUT2D eigenvalue weighted by molar-refractivity contribution is -0.142. The second-order valence-electron chi connectivity index (χ2n) is 7.13. The zero-order valence-corrected chi connectivity index (χ0v) is 18.3. The first-order valence-corrected chi connectivity index (χ1v) is 10.4. The van der Waals surface area contributed by atoms with Crippen molar-refractivity contribution in [2.45, 2.75) is 46.2 Å². The normalized spacial score (nSPS) is 11.5. The Bertz CT molecular complexity index is 820. The van der Waals surface area contributed by atoms with Gasteiger partial charge in [0.15, 0.2) is 6.61 Å². The summed E-state index contributed by atoms with van der Waals surface area (Å²) in [4.78, 5) is 27.1. The fourth-order valence-corrected chi connectivity index (χ4v) is 3.00. The lowest BCUT2D eigenvalue weighted by atomic mass is 10.1. The summed E-state index contributed by atoms with van der Waals surface area (Å²) < 4.78 is 11.0. The number of nitrogens with one attached hydrogen (secondary N) is 1. The van der Waals surface area contributed by atoms with Crippen LogP contribution >= 0.6 is 0 Å². The molecule has 0 aromatic heterocycles. The number of carbonyl (C=O) groups is 2. The van der Waals surface area contributed by atoms with Crippen LogP contribution in [0.3, 0.4) is 0 Å². The van der Waals surface area contributed by atoms with Crippen LogP contribution in [-0.4, -0.2) is 43.0 Å². The van der Waals surface area contributed by atoms with Crippen LogP contribution < -0.4 is 14.8 Å². The van der Waals surface area contributed by atoms with Crippen molar-refractivity contribution in [2.24, 2.45) is 0 Å². The van der Waals surface area contributed by atoms with Gasteiger partial charge < -0.3 is 19.7 Å². The topological polar surface area (TPSA) is 67.9 Å². The van der Waals surface area contributed by atoms with Gasteiger partial charge in [-0.05, 0) is 55.2 Å². The van der Waals surface area contributed by atoms with Gasteiger partial charge >= 0.3 is 0 Å². The van der Waals surface area contributed by atoms with Gasteiger partial charge in [0, 0.05) is 13.1 Å². The molecule has 0 fully saturated rings. The van der Waals surface area contributed by atoms with E-state index in [0.717, 1.165) is 18.4 Å². The Morgan fingerprint density at radius 2 is 1.77 bits per heavy atom. The first kappa shape index (κ1) is 23.3. The Hall–Kier alpha value is -3.02. The minimum Gasteiger partial charge on any atom is -0.497 e. The van der Waals surface area contributed by atoms with Crippen LogP contribution in [0.1, 0.15) is 38.3 Å². The smallest absolute Gasteiger partial charge is 0.261 e. The third-order valence-corrected chi connectivity index (χ3v) is 4.90. The number of methoxy groups -OCH3 is 1. The molecule has 1 N–H and O–H groups in total. The van der Waals surface area contributed by atoms with Crippen molar-refractivity contribution in [3.63, 3.8) is 0 Å². The average molecular weight is 413 g/mol. The molecular formula is C24H32N2O4. The molecule has 0 radical (unpaired) electrons. The molecule has 2 rings (SSSR count). The second kappa shape index (κ2) is 11.9. The predicted octanol–water partition coefficient (Wildman–Crippen LogP) is 3.58. The largest absolute Gasteiger partial charge is 0.497 e. The molecule has 0 bridgehead atoms. The van der Waals surface area contributed by atoms with E-state index in [-0.39, 0.29) is 25.0 Å². The molecule has 6 nitrogen and oxygen atoms in total. The fraction of sp³-hybridized carbons (Fsp3) is 0.417. The van der Waals surface area contributed by atoms with Gasteiger partial charge in [0.05, 0.1) is 7.11 Å². The average Bonchev–Trinajstić information content (AvgIpc) is 2.79. The third kappa shape index (κ3) is 6.79. The Morgan fingerprint density at radius 3 is 2.40 bits per heavy atom. The van der Waals surface area contributed by atoms with Crippen molar-refractivity contribution in [1.29, 1.82) is 0 Å².